The van der Waals surface area contributed by atoms with E-state index < -0.39 is 0 Å². The molecular formula is C12H23NO3. The highest BCUT2D eigenvalue weighted by atomic mass is 16.6. The smallest absolute Gasteiger partial charge is 0.335 e. The number of carbonyl (C=O) groups is 1. The molecule has 0 spiro atoms. The van der Waals surface area contributed by atoms with Crippen LogP contribution in [0.2, 0.25) is 0 Å². The molecule has 16 heavy (non-hydrogen) atoms. The van der Waals surface area contributed by atoms with E-state index in [9.17, 15) is 4.79 Å². The molecule has 1 atom stereocenters. The third-order valence-corrected chi connectivity index (χ3v) is 2.74. The van der Waals surface area contributed by atoms with Crippen molar-refractivity contribution in [2.45, 2.75) is 51.7 Å². The zero-order valence-corrected chi connectivity index (χ0v) is 10.3. The van der Waals surface area contributed by atoms with Crippen molar-refractivity contribution in [1.29, 1.82) is 0 Å². The first-order chi connectivity index (χ1) is 7.77. The minimum absolute atomic E-state index is 0.206. The van der Waals surface area contributed by atoms with E-state index in [0.29, 0.717) is 6.61 Å². The van der Waals surface area contributed by atoms with E-state index in [4.69, 9.17) is 9.47 Å². The Morgan fingerprint density at radius 1 is 1.38 bits per heavy atom. The van der Waals surface area contributed by atoms with Crippen molar-refractivity contribution < 1.29 is 14.3 Å². The summed E-state index contributed by atoms with van der Waals surface area (Å²) < 4.78 is 10.9. The second kappa shape index (κ2) is 7.63. The Morgan fingerprint density at radius 3 is 2.62 bits per heavy atom. The Balaban J connectivity index is 2.39. The summed E-state index contributed by atoms with van der Waals surface area (Å²) in [6.45, 7) is 6.26. The van der Waals surface area contributed by atoms with Crippen LogP contribution in [-0.2, 0) is 14.3 Å². The van der Waals surface area contributed by atoms with Gasteiger partial charge >= 0.3 is 5.97 Å². The van der Waals surface area contributed by atoms with Crippen LogP contribution in [0.3, 0.4) is 0 Å². The van der Waals surface area contributed by atoms with Crippen molar-refractivity contribution in [2.75, 3.05) is 19.7 Å². The summed E-state index contributed by atoms with van der Waals surface area (Å²) in [6, 6.07) is 0. The van der Waals surface area contributed by atoms with Gasteiger partial charge in [-0.05, 0) is 39.3 Å². The number of rotatable bonds is 6. The van der Waals surface area contributed by atoms with Crippen LogP contribution in [0.5, 0.6) is 0 Å². The first kappa shape index (κ1) is 13.5. The Bertz CT molecular complexity index is 202. The van der Waals surface area contributed by atoms with Gasteiger partial charge in [-0.3, -0.25) is 0 Å². The summed E-state index contributed by atoms with van der Waals surface area (Å²) in [4.78, 5) is 11.6. The Morgan fingerprint density at radius 2 is 2.06 bits per heavy atom. The summed E-state index contributed by atoms with van der Waals surface area (Å²) in [7, 11) is 0. The standard InChI is InChI=1S/C12H23NO3/c1-3-5-11(12(14)15-4-2)16-10-6-8-13-9-7-10/h10-11,13H,3-9H2,1-2H3. The Labute approximate surface area is 97.7 Å². The van der Waals surface area contributed by atoms with E-state index in [1.807, 2.05) is 6.92 Å². The average Bonchev–Trinajstić information content (AvgIpc) is 2.30. The second-order valence-electron chi connectivity index (χ2n) is 4.11. The Kier molecular flexibility index (Phi) is 6.42. The van der Waals surface area contributed by atoms with E-state index in [-0.39, 0.29) is 18.2 Å². The van der Waals surface area contributed by atoms with Gasteiger partial charge in [0.2, 0.25) is 0 Å². The van der Waals surface area contributed by atoms with Gasteiger partial charge in [-0.2, -0.15) is 0 Å². The van der Waals surface area contributed by atoms with Crippen LogP contribution in [0, 0.1) is 0 Å². The molecule has 0 saturated carbocycles. The third-order valence-electron chi connectivity index (χ3n) is 2.74. The molecule has 4 heteroatoms. The van der Waals surface area contributed by atoms with Crippen molar-refractivity contribution in [1.82, 2.24) is 5.32 Å². The van der Waals surface area contributed by atoms with Crippen LogP contribution in [0.4, 0.5) is 0 Å². The fourth-order valence-corrected chi connectivity index (χ4v) is 1.90. The van der Waals surface area contributed by atoms with Gasteiger partial charge in [-0.25, -0.2) is 4.79 Å². The van der Waals surface area contributed by atoms with Crippen molar-refractivity contribution in [2.24, 2.45) is 0 Å². The maximum absolute atomic E-state index is 11.6. The molecule has 1 aliphatic rings. The van der Waals surface area contributed by atoms with E-state index in [1.165, 1.54) is 0 Å². The fourth-order valence-electron chi connectivity index (χ4n) is 1.90. The van der Waals surface area contributed by atoms with Gasteiger partial charge < -0.3 is 14.8 Å². The minimum atomic E-state index is -0.368. The zero-order chi connectivity index (χ0) is 11.8. The van der Waals surface area contributed by atoms with Crippen molar-refractivity contribution >= 4 is 5.97 Å². The molecule has 0 aromatic heterocycles. The second-order valence-corrected chi connectivity index (χ2v) is 4.11. The number of hydrogen-bond acceptors (Lipinski definition) is 4. The van der Waals surface area contributed by atoms with Crippen LogP contribution >= 0.6 is 0 Å². The number of hydrogen-bond donors (Lipinski definition) is 1. The highest BCUT2D eigenvalue weighted by molar-refractivity contribution is 5.74. The van der Waals surface area contributed by atoms with Gasteiger partial charge in [-0.15, -0.1) is 0 Å². The predicted octanol–water partition coefficient (Wildman–Crippen LogP) is 1.49. The highest BCUT2D eigenvalue weighted by Gasteiger charge is 2.24. The maximum atomic E-state index is 11.6. The number of nitrogens with one attached hydrogen (secondary N) is 1. The molecule has 0 amide bonds. The lowest BCUT2D eigenvalue weighted by Gasteiger charge is -2.26. The van der Waals surface area contributed by atoms with Crippen molar-refractivity contribution in [3.63, 3.8) is 0 Å². The van der Waals surface area contributed by atoms with Gasteiger partial charge in [0.05, 0.1) is 12.7 Å². The topological polar surface area (TPSA) is 47.6 Å². The zero-order valence-electron chi connectivity index (χ0n) is 10.3. The number of ether oxygens (including phenoxy) is 2. The van der Waals surface area contributed by atoms with Gasteiger partial charge in [0.25, 0.3) is 0 Å². The predicted molar refractivity (Wildman–Crippen MR) is 62.3 cm³/mol. The molecule has 1 aliphatic heterocycles. The molecule has 1 fully saturated rings. The molecular weight excluding hydrogens is 206 g/mol. The highest BCUT2D eigenvalue weighted by Crippen LogP contribution is 2.14. The maximum Gasteiger partial charge on any atom is 0.335 e. The van der Waals surface area contributed by atoms with Crippen LogP contribution in [0.1, 0.15) is 39.5 Å². The lowest BCUT2D eigenvalue weighted by atomic mass is 10.1. The van der Waals surface area contributed by atoms with Crippen LogP contribution in [0.25, 0.3) is 0 Å². The lowest BCUT2D eigenvalue weighted by Crippen LogP contribution is -2.37. The summed E-state index contributed by atoms with van der Waals surface area (Å²) in [5.41, 5.74) is 0. The van der Waals surface area contributed by atoms with E-state index in [2.05, 4.69) is 12.2 Å². The third kappa shape index (κ3) is 4.49. The summed E-state index contributed by atoms with van der Waals surface area (Å²) in [5, 5.41) is 3.28. The van der Waals surface area contributed by atoms with E-state index in [0.717, 1.165) is 38.8 Å². The van der Waals surface area contributed by atoms with Crippen molar-refractivity contribution in [3.05, 3.63) is 0 Å². The number of esters is 1. The first-order valence-corrected chi connectivity index (χ1v) is 6.30. The first-order valence-electron chi connectivity index (χ1n) is 6.30. The quantitative estimate of drug-likeness (QED) is 0.701. The van der Waals surface area contributed by atoms with Gasteiger partial charge in [0, 0.05) is 0 Å². The molecule has 0 aromatic rings. The van der Waals surface area contributed by atoms with Gasteiger partial charge in [0.1, 0.15) is 0 Å². The number of carbonyl (C=O) groups excluding carboxylic acids is 1. The van der Waals surface area contributed by atoms with E-state index >= 15 is 0 Å². The SMILES string of the molecule is CCCC(OC1CCNCC1)C(=O)OCC. The monoisotopic (exact) mass is 229 g/mol. The normalized spacial score (nSPS) is 19.4. The lowest BCUT2D eigenvalue weighted by molar-refractivity contribution is -0.162. The molecule has 0 aromatic carbocycles. The molecule has 1 N–H and O–H groups in total. The van der Waals surface area contributed by atoms with E-state index in [1.54, 1.807) is 0 Å². The molecule has 4 nitrogen and oxygen atoms in total. The molecule has 0 aliphatic carbocycles. The molecule has 1 heterocycles. The molecule has 0 bridgehead atoms. The largest absolute Gasteiger partial charge is 0.464 e. The molecule has 1 unspecified atom stereocenters. The van der Waals surface area contributed by atoms with Crippen LogP contribution in [-0.4, -0.2) is 37.9 Å². The van der Waals surface area contributed by atoms with Gasteiger partial charge in [-0.1, -0.05) is 13.3 Å². The summed E-state index contributed by atoms with van der Waals surface area (Å²) in [5.74, 6) is -0.206. The van der Waals surface area contributed by atoms with Crippen molar-refractivity contribution in [3.8, 4) is 0 Å². The molecule has 1 rings (SSSR count). The van der Waals surface area contributed by atoms with Crippen LogP contribution in [0.15, 0.2) is 0 Å². The Hall–Kier alpha value is -0.610. The summed E-state index contributed by atoms with van der Waals surface area (Å²) >= 11 is 0. The van der Waals surface area contributed by atoms with Gasteiger partial charge in [0.15, 0.2) is 6.10 Å². The number of piperidine rings is 1. The fraction of sp³-hybridized carbons (Fsp3) is 0.917. The molecule has 0 radical (unpaired) electrons. The minimum Gasteiger partial charge on any atom is -0.464 e. The average molecular weight is 229 g/mol. The molecule has 1 saturated heterocycles. The van der Waals surface area contributed by atoms with Crippen LogP contribution < -0.4 is 5.32 Å². The summed E-state index contributed by atoms with van der Waals surface area (Å²) in [6.07, 6.45) is 3.51. The molecule has 94 valence electrons.